The van der Waals surface area contributed by atoms with Crippen molar-refractivity contribution < 1.29 is 27.1 Å². The van der Waals surface area contributed by atoms with E-state index in [0.717, 1.165) is 12.8 Å². The number of amides is 1. The van der Waals surface area contributed by atoms with E-state index in [0.29, 0.717) is 24.6 Å². The normalized spacial score (nSPS) is 17.5. The third-order valence-electron chi connectivity index (χ3n) is 6.98. The van der Waals surface area contributed by atoms with E-state index in [1.165, 1.54) is 23.3 Å². The van der Waals surface area contributed by atoms with Crippen LogP contribution in [-0.2, 0) is 10.0 Å². The van der Waals surface area contributed by atoms with Gasteiger partial charge in [-0.2, -0.15) is 4.98 Å². The van der Waals surface area contributed by atoms with Gasteiger partial charge in [-0.15, -0.1) is 0 Å². The number of aliphatic hydroxyl groups excluding tert-OH is 1. The average Bonchev–Trinajstić information content (AvgIpc) is 2.88. The molecule has 0 aliphatic carbocycles. The number of rotatable bonds is 8. The number of nitrogens with zero attached hydrogens (tertiary/aromatic N) is 5. The lowest BCUT2D eigenvalue weighted by molar-refractivity contribution is -0.0222. The zero-order valence-electron chi connectivity index (χ0n) is 22.9. The molecule has 0 saturated carbocycles. The van der Waals surface area contributed by atoms with Crippen molar-refractivity contribution >= 4 is 39.3 Å². The fourth-order valence-corrected chi connectivity index (χ4v) is 5.49. The number of nitrogens with one attached hydrogen (secondary N) is 2. The Morgan fingerprint density at radius 1 is 1.02 bits per heavy atom. The number of alkyl halides is 2. The van der Waals surface area contributed by atoms with Crippen LogP contribution in [-0.4, -0.2) is 78.8 Å². The van der Waals surface area contributed by atoms with Crippen molar-refractivity contribution in [2.45, 2.75) is 52.4 Å². The van der Waals surface area contributed by atoms with Gasteiger partial charge in [-0.1, -0.05) is 11.1 Å². The lowest BCUT2D eigenvalue weighted by Gasteiger charge is -2.32. The highest BCUT2D eigenvalue weighted by atomic mass is 32.2. The number of halogens is 2. The largest absolute Gasteiger partial charge is 0.395 e. The molecule has 2 aliphatic rings. The number of hydrogen-bond donors (Lipinski definition) is 3. The molecular weight excluding hydrogens is 544 g/mol. The van der Waals surface area contributed by atoms with Crippen LogP contribution in [0.4, 0.5) is 32.2 Å². The van der Waals surface area contributed by atoms with Crippen molar-refractivity contribution in [1.82, 2.24) is 15.0 Å². The molecule has 218 valence electrons. The molecule has 2 aromatic heterocycles. The van der Waals surface area contributed by atoms with Gasteiger partial charge in [-0.05, 0) is 45.7 Å². The van der Waals surface area contributed by atoms with E-state index in [1.54, 1.807) is 17.9 Å². The zero-order valence-corrected chi connectivity index (χ0v) is 23.7. The summed E-state index contributed by atoms with van der Waals surface area (Å²) >= 11 is 0. The first-order valence-corrected chi connectivity index (χ1v) is 14.8. The Kier molecular flexibility index (Phi) is 8.88. The number of aliphatic hydroxyl groups is 1. The van der Waals surface area contributed by atoms with E-state index in [-0.39, 0.29) is 49.1 Å². The van der Waals surface area contributed by atoms with Crippen LogP contribution in [0.3, 0.4) is 0 Å². The molecule has 4 rings (SSSR count). The van der Waals surface area contributed by atoms with Crippen molar-refractivity contribution in [2.75, 3.05) is 58.4 Å². The highest BCUT2D eigenvalue weighted by Crippen LogP contribution is 2.31. The third kappa shape index (κ3) is 7.42. The van der Waals surface area contributed by atoms with E-state index in [9.17, 15) is 22.0 Å². The second-order valence-corrected chi connectivity index (χ2v) is 12.1. The summed E-state index contributed by atoms with van der Waals surface area (Å²) in [5.41, 5.74) is 3.38. The number of anilines is 4. The minimum atomic E-state index is -3.82. The van der Waals surface area contributed by atoms with E-state index in [2.05, 4.69) is 38.8 Å². The van der Waals surface area contributed by atoms with Gasteiger partial charge < -0.3 is 20.2 Å². The highest BCUT2D eigenvalue weighted by Gasteiger charge is 2.35. The average molecular weight is 580 g/mol. The monoisotopic (exact) mass is 579 g/mol. The van der Waals surface area contributed by atoms with Gasteiger partial charge in [0.1, 0.15) is 17.5 Å². The van der Waals surface area contributed by atoms with E-state index < -0.39 is 34.2 Å². The van der Waals surface area contributed by atoms with Gasteiger partial charge in [0.2, 0.25) is 16.0 Å². The maximum absolute atomic E-state index is 13.6. The summed E-state index contributed by atoms with van der Waals surface area (Å²) in [6.07, 6.45) is 0.989. The number of pyridine rings is 1. The van der Waals surface area contributed by atoms with E-state index in [4.69, 9.17) is 5.11 Å². The maximum atomic E-state index is 13.6. The Morgan fingerprint density at radius 3 is 2.33 bits per heavy atom. The molecule has 2 saturated heterocycles. The maximum Gasteiger partial charge on any atom is 0.260 e. The molecule has 0 spiro atoms. The topological polar surface area (TPSA) is 141 Å². The van der Waals surface area contributed by atoms with E-state index in [1.807, 2.05) is 4.90 Å². The molecule has 40 heavy (non-hydrogen) atoms. The number of aryl methyl sites for hydroxylation is 1. The Labute approximate surface area is 232 Å². The van der Waals surface area contributed by atoms with Gasteiger partial charge in [-0.3, -0.25) is 9.52 Å². The minimum Gasteiger partial charge on any atom is -0.395 e. The number of aromatic nitrogens is 3. The van der Waals surface area contributed by atoms with Crippen molar-refractivity contribution in [3.63, 3.8) is 0 Å². The highest BCUT2D eigenvalue weighted by molar-refractivity contribution is 7.92. The molecule has 0 bridgehead atoms. The standard InChI is InChI=1S/C26H35F2N7O4S/c1-17(2)19-6-10-34(11-7-19)23-20(4-5-21(30-23)33-40(38,39)15-14-36)24(37)31-22-16-18(3)29-25(32-22)35-12-8-26(27,28)9-13-35/h4-5,16,36H,6-15H2,1-3H3,(H,30,33)(H,29,31,32,37). The number of allylic oxidation sites excluding steroid dienone is 1. The van der Waals surface area contributed by atoms with E-state index >= 15 is 0 Å². The number of carbonyl (C=O) groups is 1. The van der Waals surface area contributed by atoms with Crippen molar-refractivity contribution in [1.29, 1.82) is 0 Å². The second kappa shape index (κ2) is 12.0. The molecule has 0 radical (unpaired) electrons. The summed E-state index contributed by atoms with van der Waals surface area (Å²) in [6, 6.07) is 4.47. The summed E-state index contributed by atoms with van der Waals surface area (Å²) in [5, 5.41) is 11.8. The molecule has 3 N–H and O–H groups in total. The molecule has 0 aromatic carbocycles. The Hall–Kier alpha value is -3.39. The van der Waals surface area contributed by atoms with Crippen molar-refractivity contribution in [3.05, 3.63) is 40.6 Å². The lowest BCUT2D eigenvalue weighted by atomic mass is 9.99. The van der Waals surface area contributed by atoms with Gasteiger partial charge in [-0.25, -0.2) is 27.2 Å². The van der Waals surface area contributed by atoms with Gasteiger partial charge >= 0.3 is 0 Å². The third-order valence-corrected chi connectivity index (χ3v) is 8.22. The first-order chi connectivity index (χ1) is 18.9. The molecule has 2 fully saturated rings. The minimum absolute atomic E-state index is 0.0371. The van der Waals surface area contributed by atoms with Crippen LogP contribution < -0.4 is 19.8 Å². The van der Waals surface area contributed by atoms with Gasteiger partial charge in [0.05, 0.1) is 17.9 Å². The number of piperidine rings is 2. The molecule has 0 unspecified atom stereocenters. The molecule has 2 aromatic rings. The van der Waals surface area contributed by atoms with Crippen molar-refractivity contribution in [2.24, 2.45) is 0 Å². The van der Waals surface area contributed by atoms with Crippen LogP contribution in [0, 0.1) is 6.92 Å². The zero-order chi connectivity index (χ0) is 29.1. The number of carbonyl (C=O) groups excluding carboxylic acids is 1. The summed E-state index contributed by atoms with van der Waals surface area (Å²) < 4.78 is 54.1. The fourth-order valence-electron chi connectivity index (χ4n) is 4.72. The van der Waals surface area contributed by atoms with Crippen LogP contribution in [0.15, 0.2) is 29.3 Å². The van der Waals surface area contributed by atoms with Gasteiger partial charge in [0, 0.05) is 50.8 Å². The Morgan fingerprint density at radius 2 is 1.70 bits per heavy atom. The van der Waals surface area contributed by atoms with Crippen LogP contribution >= 0.6 is 0 Å². The predicted molar refractivity (Wildman–Crippen MR) is 150 cm³/mol. The SMILES string of the molecule is CC(C)=C1CCN(c2nc(NS(=O)(=O)CCO)ccc2C(=O)Nc2cc(C)nc(N3CCC(F)(F)CC3)n2)CC1. The first kappa shape index (κ1) is 29.6. The lowest BCUT2D eigenvalue weighted by Crippen LogP contribution is -2.40. The Balaban J connectivity index is 1.60. The molecule has 2 aliphatic heterocycles. The molecule has 0 atom stereocenters. The first-order valence-electron chi connectivity index (χ1n) is 13.2. The van der Waals surface area contributed by atoms with Crippen LogP contribution in [0.1, 0.15) is 55.6 Å². The summed E-state index contributed by atoms with van der Waals surface area (Å²) in [5.74, 6) is -2.86. The van der Waals surface area contributed by atoms with Crippen LogP contribution in [0.2, 0.25) is 0 Å². The number of hydrogen-bond acceptors (Lipinski definition) is 9. The smallest absolute Gasteiger partial charge is 0.260 e. The molecule has 14 heteroatoms. The molecular formula is C26H35F2N7O4S. The number of sulfonamides is 1. The molecule has 11 nitrogen and oxygen atoms in total. The summed E-state index contributed by atoms with van der Waals surface area (Å²) in [7, 11) is -3.82. The van der Waals surface area contributed by atoms with Gasteiger partial charge in [0.25, 0.3) is 11.8 Å². The summed E-state index contributed by atoms with van der Waals surface area (Å²) in [6.45, 7) is 6.71. The fraction of sp³-hybridized carbons (Fsp3) is 0.538. The molecule has 1 amide bonds. The van der Waals surface area contributed by atoms with Gasteiger partial charge in [0.15, 0.2) is 0 Å². The van der Waals surface area contributed by atoms with Crippen LogP contribution in [0.5, 0.6) is 0 Å². The second-order valence-electron chi connectivity index (χ2n) is 10.3. The van der Waals surface area contributed by atoms with Crippen LogP contribution in [0.25, 0.3) is 0 Å². The quantitative estimate of drug-likeness (QED) is 0.402. The Bertz CT molecular complexity index is 1380. The predicted octanol–water partition coefficient (Wildman–Crippen LogP) is 3.34. The van der Waals surface area contributed by atoms with Crippen molar-refractivity contribution in [3.8, 4) is 0 Å². The molecule has 4 heterocycles. The summed E-state index contributed by atoms with van der Waals surface area (Å²) in [4.78, 5) is 30.4.